The highest BCUT2D eigenvalue weighted by atomic mass is 32.2. The van der Waals surface area contributed by atoms with Crippen molar-refractivity contribution in [3.8, 4) is 0 Å². The molecular weight excluding hydrogens is 298 g/mol. The van der Waals surface area contributed by atoms with Crippen molar-refractivity contribution in [3.05, 3.63) is 40.5 Å². The molecule has 0 bridgehead atoms. The maximum absolute atomic E-state index is 11.6. The summed E-state index contributed by atoms with van der Waals surface area (Å²) in [6.07, 6.45) is -1.32. The van der Waals surface area contributed by atoms with Crippen LogP contribution in [0, 0.1) is 0 Å². The highest BCUT2D eigenvalue weighted by molar-refractivity contribution is 7.95. The Morgan fingerprint density at radius 3 is 2.43 bits per heavy atom. The number of benzene rings is 1. The number of carbonyl (C=O) groups is 1. The molecule has 21 heavy (non-hydrogen) atoms. The molecule has 2 rings (SSSR count). The second-order valence-corrected chi connectivity index (χ2v) is 6.60. The molecule has 1 aromatic rings. The fourth-order valence-corrected chi connectivity index (χ4v) is 3.58. The van der Waals surface area contributed by atoms with Gasteiger partial charge in [-0.1, -0.05) is 6.07 Å². The molecule has 0 aromatic heterocycles. The van der Waals surface area contributed by atoms with Crippen LogP contribution in [-0.4, -0.2) is 35.3 Å². The van der Waals surface area contributed by atoms with Crippen molar-refractivity contribution in [2.75, 3.05) is 0 Å². The smallest absolute Gasteiger partial charge is 0.335 e. The zero-order chi connectivity index (χ0) is 16.2. The number of hydrogen-bond acceptors (Lipinski definition) is 5. The van der Waals surface area contributed by atoms with Crippen molar-refractivity contribution in [3.63, 3.8) is 0 Å². The third-order valence-corrected chi connectivity index (χ3v) is 4.74. The number of aliphatic hydroxyl groups excluding tert-OH is 1. The van der Waals surface area contributed by atoms with Gasteiger partial charge in [-0.05, 0) is 37.1 Å². The SMILES string of the molecule is CC1=C(S(=O)(=O)O)c2cc(C(=O)O)ccc2C(C)(N)C1O. The minimum absolute atomic E-state index is 0.00907. The summed E-state index contributed by atoms with van der Waals surface area (Å²) >= 11 is 0. The number of nitrogens with two attached hydrogens (primary N) is 1. The highest BCUT2D eigenvalue weighted by Gasteiger charge is 2.42. The van der Waals surface area contributed by atoms with E-state index in [0.717, 1.165) is 6.07 Å². The minimum atomic E-state index is -4.64. The molecule has 5 N–H and O–H groups in total. The highest BCUT2D eigenvalue weighted by Crippen LogP contribution is 2.42. The molecular formula is C13H15NO6S. The normalized spacial score (nSPS) is 25.7. The van der Waals surface area contributed by atoms with Gasteiger partial charge in [0.05, 0.1) is 17.2 Å². The van der Waals surface area contributed by atoms with Gasteiger partial charge in [0.15, 0.2) is 0 Å². The molecule has 2 atom stereocenters. The number of aliphatic hydroxyl groups is 1. The van der Waals surface area contributed by atoms with Crippen LogP contribution in [0.4, 0.5) is 0 Å². The molecule has 0 heterocycles. The van der Waals surface area contributed by atoms with E-state index < -0.39 is 32.6 Å². The van der Waals surface area contributed by atoms with E-state index in [9.17, 15) is 22.9 Å². The van der Waals surface area contributed by atoms with E-state index in [1.807, 2.05) is 0 Å². The zero-order valence-electron chi connectivity index (χ0n) is 11.4. The van der Waals surface area contributed by atoms with Crippen LogP contribution >= 0.6 is 0 Å². The summed E-state index contributed by atoms with van der Waals surface area (Å²) in [5, 5.41) is 19.2. The molecule has 0 saturated heterocycles. The Kier molecular flexibility index (Phi) is 3.45. The lowest BCUT2D eigenvalue weighted by Crippen LogP contribution is -2.49. The Labute approximate surface area is 121 Å². The van der Waals surface area contributed by atoms with E-state index in [4.69, 9.17) is 10.8 Å². The van der Waals surface area contributed by atoms with E-state index >= 15 is 0 Å². The molecule has 0 aliphatic heterocycles. The summed E-state index contributed by atoms with van der Waals surface area (Å²) < 4.78 is 32.6. The van der Waals surface area contributed by atoms with Crippen molar-refractivity contribution >= 4 is 21.0 Å². The Bertz CT molecular complexity index is 763. The molecule has 0 amide bonds. The van der Waals surface area contributed by atoms with Crippen molar-refractivity contribution < 1.29 is 28.0 Å². The van der Waals surface area contributed by atoms with Gasteiger partial charge >= 0.3 is 5.97 Å². The van der Waals surface area contributed by atoms with Crippen molar-refractivity contribution in [1.29, 1.82) is 0 Å². The van der Waals surface area contributed by atoms with Crippen molar-refractivity contribution in [1.82, 2.24) is 0 Å². The average molecular weight is 313 g/mol. The fraction of sp³-hybridized carbons (Fsp3) is 0.308. The fourth-order valence-electron chi connectivity index (χ4n) is 2.61. The van der Waals surface area contributed by atoms with Gasteiger partial charge in [-0.2, -0.15) is 8.42 Å². The predicted octanol–water partition coefficient (Wildman–Crippen LogP) is 0.552. The van der Waals surface area contributed by atoms with Gasteiger partial charge in [0.25, 0.3) is 10.1 Å². The molecule has 0 radical (unpaired) electrons. The van der Waals surface area contributed by atoms with Crippen molar-refractivity contribution in [2.45, 2.75) is 25.5 Å². The molecule has 1 aromatic carbocycles. The zero-order valence-corrected chi connectivity index (χ0v) is 12.2. The monoisotopic (exact) mass is 313 g/mol. The first kappa shape index (κ1) is 15.6. The summed E-state index contributed by atoms with van der Waals surface area (Å²) in [6.45, 7) is 2.83. The molecule has 114 valence electrons. The summed E-state index contributed by atoms with van der Waals surface area (Å²) in [4.78, 5) is 10.5. The average Bonchev–Trinajstić information content (AvgIpc) is 2.34. The molecule has 0 saturated carbocycles. The molecule has 2 unspecified atom stereocenters. The lowest BCUT2D eigenvalue weighted by Gasteiger charge is -2.38. The van der Waals surface area contributed by atoms with Gasteiger partial charge in [0.1, 0.15) is 4.91 Å². The summed E-state index contributed by atoms with van der Waals surface area (Å²) in [7, 11) is -4.64. The number of carboxylic acids is 1. The first-order valence-electron chi connectivity index (χ1n) is 6.01. The van der Waals surface area contributed by atoms with Gasteiger partial charge < -0.3 is 15.9 Å². The molecule has 7 nitrogen and oxygen atoms in total. The van der Waals surface area contributed by atoms with Gasteiger partial charge in [-0.25, -0.2) is 4.79 Å². The van der Waals surface area contributed by atoms with Crippen LogP contribution in [0.5, 0.6) is 0 Å². The van der Waals surface area contributed by atoms with Crippen LogP contribution in [0.1, 0.15) is 35.3 Å². The standard InChI is InChI=1S/C13H15NO6S/c1-6-10(21(18,19)20)8-5-7(12(16)17)3-4-9(8)13(2,14)11(6)15/h3-5,11,15H,14H2,1-2H3,(H,16,17)(H,18,19,20). The summed E-state index contributed by atoms with van der Waals surface area (Å²) in [5.74, 6) is -1.24. The Balaban J connectivity index is 2.90. The quantitative estimate of drug-likeness (QED) is 0.585. The van der Waals surface area contributed by atoms with Gasteiger partial charge in [-0.15, -0.1) is 0 Å². The number of rotatable bonds is 2. The van der Waals surface area contributed by atoms with Crippen LogP contribution in [0.25, 0.3) is 4.91 Å². The summed E-state index contributed by atoms with van der Waals surface area (Å²) in [6, 6.07) is 3.74. The van der Waals surface area contributed by atoms with E-state index in [1.165, 1.54) is 26.0 Å². The third-order valence-electron chi connectivity index (χ3n) is 3.69. The topological polar surface area (TPSA) is 138 Å². The molecule has 1 aliphatic carbocycles. The Morgan fingerprint density at radius 2 is 1.95 bits per heavy atom. The van der Waals surface area contributed by atoms with Gasteiger partial charge in [-0.3, -0.25) is 4.55 Å². The maximum Gasteiger partial charge on any atom is 0.335 e. The van der Waals surface area contributed by atoms with E-state index in [-0.39, 0.29) is 22.3 Å². The number of aromatic carboxylic acids is 1. The third kappa shape index (κ3) is 2.36. The van der Waals surface area contributed by atoms with Crippen LogP contribution in [0.3, 0.4) is 0 Å². The molecule has 0 fully saturated rings. The molecule has 8 heteroatoms. The second kappa shape index (κ2) is 4.63. The number of hydrogen-bond donors (Lipinski definition) is 4. The minimum Gasteiger partial charge on any atom is -0.478 e. The lowest BCUT2D eigenvalue weighted by atomic mass is 9.76. The van der Waals surface area contributed by atoms with Crippen LogP contribution in [0.15, 0.2) is 23.8 Å². The second-order valence-electron chi connectivity index (χ2n) is 5.24. The van der Waals surface area contributed by atoms with Crippen LogP contribution in [0.2, 0.25) is 0 Å². The first-order chi connectivity index (χ1) is 9.48. The molecule has 1 aliphatic rings. The van der Waals surface area contributed by atoms with Crippen LogP contribution in [-0.2, 0) is 15.7 Å². The Hall–Kier alpha value is -1.74. The maximum atomic E-state index is 11.6. The number of carboxylic acid groups (broad SMARTS) is 1. The van der Waals surface area contributed by atoms with Gasteiger partial charge in [0, 0.05) is 5.56 Å². The lowest BCUT2D eigenvalue weighted by molar-refractivity contribution is 0.0696. The molecule has 0 spiro atoms. The first-order valence-corrected chi connectivity index (χ1v) is 7.45. The number of fused-ring (bicyclic) bond motifs is 1. The van der Waals surface area contributed by atoms with E-state index in [2.05, 4.69) is 0 Å². The van der Waals surface area contributed by atoms with Crippen LogP contribution < -0.4 is 5.73 Å². The largest absolute Gasteiger partial charge is 0.478 e. The van der Waals surface area contributed by atoms with E-state index in [1.54, 1.807) is 0 Å². The van der Waals surface area contributed by atoms with Gasteiger partial charge in [0.2, 0.25) is 0 Å². The predicted molar refractivity (Wildman–Crippen MR) is 75.1 cm³/mol. The van der Waals surface area contributed by atoms with Crippen molar-refractivity contribution in [2.24, 2.45) is 5.73 Å². The summed E-state index contributed by atoms with van der Waals surface area (Å²) in [5.41, 5.74) is 4.81. The Morgan fingerprint density at radius 1 is 1.38 bits per heavy atom. The van der Waals surface area contributed by atoms with E-state index in [0.29, 0.717) is 0 Å².